The zero-order valence-corrected chi connectivity index (χ0v) is 18.0. The van der Waals surface area contributed by atoms with Crippen LogP contribution in [0.5, 0.6) is 0 Å². The number of halogens is 2. The Hall–Kier alpha value is -3.46. The Labute approximate surface area is 182 Å². The zero-order valence-electron chi connectivity index (χ0n) is 17.2. The Kier molecular flexibility index (Phi) is 5.14. The van der Waals surface area contributed by atoms with Crippen molar-refractivity contribution < 1.29 is 9.18 Å². The summed E-state index contributed by atoms with van der Waals surface area (Å²) < 4.78 is 15.7. The Morgan fingerprint density at radius 1 is 1.32 bits per heavy atom. The van der Waals surface area contributed by atoms with Crippen LogP contribution in [0, 0.1) is 5.82 Å². The van der Waals surface area contributed by atoms with E-state index in [-0.39, 0.29) is 28.6 Å². The van der Waals surface area contributed by atoms with Gasteiger partial charge in [0.1, 0.15) is 23.7 Å². The lowest BCUT2D eigenvalue weighted by molar-refractivity contribution is 0.0951. The maximum absolute atomic E-state index is 13.9. The third kappa shape index (κ3) is 3.84. The number of aromatic nitrogens is 5. The number of nitrogens with zero attached hydrogens (tertiary/aromatic N) is 4. The van der Waals surface area contributed by atoms with Crippen molar-refractivity contribution >= 4 is 34.4 Å². The van der Waals surface area contributed by atoms with Crippen LogP contribution in [0.25, 0.3) is 22.4 Å². The molecule has 3 heterocycles. The molecule has 0 aliphatic heterocycles. The number of benzene rings is 1. The number of nitrogen functional groups attached to an aromatic ring is 1. The highest BCUT2D eigenvalue weighted by Gasteiger charge is 2.25. The van der Waals surface area contributed by atoms with Crippen molar-refractivity contribution in [1.82, 2.24) is 30.0 Å². The fourth-order valence-electron chi connectivity index (χ4n) is 3.26. The highest BCUT2D eigenvalue weighted by molar-refractivity contribution is 6.31. The summed E-state index contributed by atoms with van der Waals surface area (Å²) in [7, 11) is 0. The van der Waals surface area contributed by atoms with Gasteiger partial charge in [0.15, 0.2) is 5.65 Å². The molecule has 4 rings (SSSR count). The largest absolute Gasteiger partial charge is 0.383 e. The lowest BCUT2D eigenvalue weighted by Crippen LogP contribution is -2.23. The summed E-state index contributed by atoms with van der Waals surface area (Å²) in [6.07, 6.45) is 2.95. The molecule has 10 heteroatoms. The molecule has 0 bridgehead atoms. The van der Waals surface area contributed by atoms with Gasteiger partial charge in [-0.15, -0.1) is 0 Å². The summed E-state index contributed by atoms with van der Waals surface area (Å²) in [5, 5.41) is 8.22. The molecule has 4 aromatic rings. The SMILES string of the molecule is CC(C)(C)n1nc(-c2cc(C(=O)NCc3c(F)cccc3Cl)c[nH]2)c2c(N)ncnc21. The Balaban J connectivity index is 1.65. The van der Waals surface area contributed by atoms with E-state index >= 15 is 0 Å². The first-order chi connectivity index (χ1) is 14.7. The fourth-order valence-corrected chi connectivity index (χ4v) is 3.49. The van der Waals surface area contributed by atoms with Crippen molar-refractivity contribution in [3.05, 3.63) is 58.8 Å². The fraction of sp³-hybridized carbons (Fsp3) is 0.238. The second-order valence-electron chi connectivity index (χ2n) is 8.07. The molecule has 0 saturated heterocycles. The normalized spacial score (nSPS) is 11.8. The van der Waals surface area contributed by atoms with E-state index in [0.717, 1.165) is 0 Å². The van der Waals surface area contributed by atoms with Gasteiger partial charge in [0.2, 0.25) is 0 Å². The lowest BCUT2D eigenvalue weighted by Gasteiger charge is -2.19. The number of anilines is 1. The van der Waals surface area contributed by atoms with E-state index in [0.29, 0.717) is 33.8 Å². The lowest BCUT2D eigenvalue weighted by atomic mass is 10.1. The van der Waals surface area contributed by atoms with Gasteiger partial charge in [0.05, 0.1) is 22.2 Å². The van der Waals surface area contributed by atoms with Gasteiger partial charge in [-0.05, 0) is 39.0 Å². The summed E-state index contributed by atoms with van der Waals surface area (Å²) >= 11 is 6.02. The molecule has 1 aromatic carbocycles. The van der Waals surface area contributed by atoms with Crippen molar-refractivity contribution in [2.75, 3.05) is 5.73 Å². The quantitative estimate of drug-likeness (QED) is 0.444. The van der Waals surface area contributed by atoms with Crippen LogP contribution in [0.2, 0.25) is 5.02 Å². The van der Waals surface area contributed by atoms with Crippen molar-refractivity contribution in [3.8, 4) is 11.4 Å². The van der Waals surface area contributed by atoms with Crippen LogP contribution in [-0.4, -0.2) is 30.6 Å². The number of rotatable bonds is 4. The van der Waals surface area contributed by atoms with Crippen LogP contribution in [0.3, 0.4) is 0 Å². The number of fused-ring (bicyclic) bond motifs is 1. The molecule has 0 aliphatic rings. The number of carbonyl (C=O) groups is 1. The number of hydrogen-bond donors (Lipinski definition) is 3. The topological polar surface area (TPSA) is 115 Å². The van der Waals surface area contributed by atoms with E-state index < -0.39 is 5.82 Å². The Bertz CT molecular complexity index is 1270. The molecule has 0 radical (unpaired) electrons. The van der Waals surface area contributed by atoms with E-state index in [1.807, 2.05) is 20.8 Å². The average molecular weight is 442 g/mol. The predicted octanol–water partition coefficient (Wildman–Crippen LogP) is 3.88. The minimum atomic E-state index is -0.475. The van der Waals surface area contributed by atoms with E-state index in [1.165, 1.54) is 18.5 Å². The monoisotopic (exact) mass is 441 g/mol. The molecule has 0 aliphatic carbocycles. The maximum Gasteiger partial charge on any atom is 0.253 e. The van der Waals surface area contributed by atoms with Gasteiger partial charge in [-0.3, -0.25) is 4.79 Å². The highest BCUT2D eigenvalue weighted by Crippen LogP contribution is 2.32. The minimum absolute atomic E-state index is 0.0345. The predicted molar refractivity (Wildman–Crippen MR) is 117 cm³/mol. The molecule has 0 fully saturated rings. The number of nitrogens with one attached hydrogen (secondary N) is 2. The minimum Gasteiger partial charge on any atom is -0.383 e. The zero-order chi connectivity index (χ0) is 22.3. The van der Waals surface area contributed by atoms with Gasteiger partial charge in [-0.25, -0.2) is 19.0 Å². The summed E-state index contributed by atoms with van der Waals surface area (Å²) in [6.45, 7) is 5.97. The van der Waals surface area contributed by atoms with Crippen LogP contribution < -0.4 is 11.1 Å². The van der Waals surface area contributed by atoms with Crippen molar-refractivity contribution in [1.29, 1.82) is 0 Å². The van der Waals surface area contributed by atoms with Crippen molar-refractivity contribution in [2.45, 2.75) is 32.9 Å². The van der Waals surface area contributed by atoms with Gasteiger partial charge >= 0.3 is 0 Å². The third-order valence-corrected chi connectivity index (χ3v) is 5.17. The molecule has 0 saturated carbocycles. The molecule has 0 unspecified atom stereocenters. The maximum atomic E-state index is 13.9. The molecule has 0 atom stereocenters. The average Bonchev–Trinajstić information content (AvgIpc) is 3.32. The van der Waals surface area contributed by atoms with Crippen molar-refractivity contribution in [2.24, 2.45) is 0 Å². The van der Waals surface area contributed by atoms with Gasteiger partial charge < -0.3 is 16.0 Å². The van der Waals surface area contributed by atoms with Gasteiger partial charge in [0.25, 0.3) is 5.91 Å². The molecular formula is C21H21ClFN7O. The number of carbonyl (C=O) groups excluding carboxylic acids is 1. The van der Waals surface area contributed by atoms with Crippen molar-refractivity contribution in [3.63, 3.8) is 0 Å². The molecule has 160 valence electrons. The summed E-state index contributed by atoms with van der Waals surface area (Å²) in [5.41, 5.74) is 8.08. The Morgan fingerprint density at radius 3 is 2.81 bits per heavy atom. The first-order valence-electron chi connectivity index (χ1n) is 9.56. The van der Waals surface area contributed by atoms with E-state index in [4.69, 9.17) is 17.3 Å². The smallest absolute Gasteiger partial charge is 0.253 e. The second-order valence-corrected chi connectivity index (χ2v) is 8.48. The van der Waals surface area contributed by atoms with E-state index in [2.05, 4.69) is 25.4 Å². The highest BCUT2D eigenvalue weighted by atomic mass is 35.5. The van der Waals surface area contributed by atoms with Crippen LogP contribution >= 0.6 is 11.6 Å². The standard InChI is InChI=1S/C21H21ClFN7O/c1-21(2,3)30-19-16(18(24)27-10-28-19)17(29-30)15-7-11(8-25-15)20(31)26-9-12-13(22)5-4-6-14(12)23/h4-8,10,25H,9H2,1-3H3,(H,26,31)(H2,24,27,28). The molecule has 1 amide bonds. The molecule has 3 aromatic heterocycles. The number of H-pyrrole nitrogens is 1. The second kappa shape index (κ2) is 7.66. The number of aromatic amines is 1. The van der Waals surface area contributed by atoms with Crippen LogP contribution in [-0.2, 0) is 12.1 Å². The Morgan fingerprint density at radius 2 is 2.10 bits per heavy atom. The summed E-state index contributed by atoms with van der Waals surface area (Å²) in [4.78, 5) is 24.1. The first-order valence-corrected chi connectivity index (χ1v) is 9.94. The van der Waals surface area contributed by atoms with Gasteiger partial charge in [-0.1, -0.05) is 17.7 Å². The van der Waals surface area contributed by atoms with Gasteiger partial charge in [-0.2, -0.15) is 5.10 Å². The molecule has 4 N–H and O–H groups in total. The number of hydrogen-bond acceptors (Lipinski definition) is 5. The summed E-state index contributed by atoms with van der Waals surface area (Å²) in [6, 6.07) is 6.03. The van der Waals surface area contributed by atoms with Gasteiger partial charge in [0, 0.05) is 23.3 Å². The van der Waals surface area contributed by atoms with Crippen LogP contribution in [0.4, 0.5) is 10.2 Å². The van der Waals surface area contributed by atoms with Crippen LogP contribution in [0.15, 0.2) is 36.8 Å². The van der Waals surface area contributed by atoms with E-state index in [9.17, 15) is 9.18 Å². The molecule has 31 heavy (non-hydrogen) atoms. The summed E-state index contributed by atoms with van der Waals surface area (Å²) in [5.74, 6) is -0.562. The first kappa shape index (κ1) is 20.8. The molecule has 0 spiro atoms. The number of nitrogens with two attached hydrogens (primary N) is 1. The third-order valence-electron chi connectivity index (χ3n) is 4.82. The van der Waals surface area contributed by atoms with Crippen LogP contribution in [0.1, 0.15) is 36.7 Å². The molecular weight excluding hydrogens is 421 g/mol. The molecule has 8 nitrogen and oxygen atoms in total. The number of amides is 1. The van der Waals surface area contributed by atoms with E-state index in [1.54, 1.807) is 23.0 Å².